The summed E-state index contributed by atoms with van der Waals surface area (Å²) < 4.78 is 0. The van der Waals surface area contributed by atoms with Crippen LogP contribution in [0.3, 0.4) is 0 Å². The van der Waals surface area contributed by atoms with Gasteiger partial charge in [-0.2, -0.15) is 0 Å². The molecule has 0 heterocycles. The fraction of sp³-hybridized carbons (Fsp3) is 0.529. The number of benzene rings is 1. The summed E-state index contributed by atoms with van der Waals surface area (Å²) in [6.07, 6.45) is 1.67. The number of ketones is 1. The van der Waals surface area contributed by atoms with Crippen molar-refractivity contribution in [2.45, 2.75) is 33.6 Å². The molecule has 1 atom stereocenters. The molecule has 0 aromatic heterocycles. The maximum Gasteiger partial charge on any atom is 0.251 e. The van der Waals surface area contributed by atoms with Crippen molar-refractivity contribution in [3.05, 3.63) is 35.4 Å². The zero-order valence-corrected chi connectivity index (χ0v) is 13.1. The summed E-state index contributed by atoms with van der Waals surface area (Å²) in [5, 5.41) is 12.0. The second-order valence-corrected chi connectivity index (χ2v) is 5.85. The zero-order chi connectivity index (χ0) is 15.8. The SMILES string of the molecule is CC(=O)c1ccc(C(=O)NCC(CCO)CC(C)C)cc1. The van der Waals surface area contributed by atoms with Crippen LogP contribution in [0.2, 0.25) is 0 Å². The molecule has 116 valence electrons. The van der Waals surface area contributed by atoms with Crippen LogP contribution in [0.5, 0.6) is 0 Å². The Labute approximate surface area is 126 Å². The van der Waals surface area contributed by atoms with Crippen molar-refractivity contribution < 1.29 is 14.7 Å². The number of hydrogen-bond acceptors (Lipinski definition) is 3. The van der Waals surface area contributed by atoms with Gasteiger partial charge in [-0.3, -0.25) is 9.59 Å². The smallest absolute Gasteiger partial charge is 0.251 e. The molecule has 4 nitrogen and oxygen atoms in total. The van der Waals surface area contributed by atoms with Gasteiger partial charge in [0.1, 0.15) is 0 Å². The van der Waals surface area contributed by atoms with Gasteiger partial charge in [0.2, 0.25) is 0 Å². The number of rotatable bonds is 8. The third-order valence-electron chi connectivity index (χ3n) is 3.45. The molecule has 0 fully saturated rings. The number of carbonyl (C=O) groups excluding carboxylic acids is 2. The largest absolute Gasteiger partial charge is 0.396 e. The quantitative estimate of drug-likeness (QED) is 0.724. The van der Waals surface area contributed by atoms with E-state index in [1.165, 1.54) is 6.92 Å². The van der Waals surface area contributed by atoms with E-state index < -0.39 is 0 Å². The van der Waals surface area contributed by atoms with E-state index in [0.29, 0.717) is 30.0 Å². The van der Waals surface area contributed by atoms with E-state index in [0.717, 1.165) is 6.42 Å². The molecule has 1 amide bonds. The fourth-order valence-corrected chi connectivity index (χ4v) is 2.35. The molecule has 21 heavy (non-hydrogen) atoms. The zero-order valence-electron chi connectivity index (χ0n) is 13.1. The van der Waals surface area contributed by atoms with E-state index >= 15 is 0 Å². The predicted molar refractivity (Wildman–Crippen MR) is 83.4 cm³/mol. The van der Waals surface area contributed by atoms with Crippen molar-refractivity contribution >= 4 is 11.7 Å². The monoisotopic (exact) mass is 291 g/mol. The standard InChI is InChI=1S/C17H25NO3/c1-12(2)10-14(8-9-19)11-18-17(21)16-6-4-15(5-7-16)13(3)20/h4-7,12,14,19H,8-11H2,1-3H3,(H,18,21). The lowest BCUT2D eigenvalue weighted by Gasteiger charge is -2.18. The highest BCUT2D eigenvalue weighted by Crippen LogP contribution is 2.14. The van der Waals surface area contributed by atoms with E-state index in [1.54, 1.807) is 24.3 Å². The molecule has 2 N–H and O–H groups in total. The van der Waals surface area contributed by atoms with Crippen molar-refractivity contribution in [2.24, 2.45) is 11.8 Å². The second kappa shape index (κ2) is 8.57. The van der Waals surface area contributed by atoms with Crippen LogP contribution in [0.1, 0.15) is 54.3 Å². The van der Waals surface area contributed by atoms with Gasteiger partial charge in [-0.1, -0.05) is 26.0 Å². The Kier molecular flexibility index (Phi) is 7.09. The third kappa shape index (κ3) is 6.08. The van der Waals surface area contributed by atoms with Gasteiger partial charge in [0.05, 0.1) is 0 Å². The molecule has 0 aliphatic heterocycles. The molecule has 0 saturated carbocycles. The van der Waals surface area contributed by atoms with Crippen LogP contribution in [0.15, 0.2) is 24.3 Å². The summed E-state index contributed by atoms with van der Waals surface area (Å²) in [4.78, 5) is 23.3. The summed E-state index contributed by atoms with van der Waals surface area (Å²) in [5.74, 6) is 0.669. The average molecular weight is 291 g/mol. The molecule has 0 aliphatic carbocycles. The van der Waals surface area contributed by atoms with Crippen LogP contribution in [0, 0.1) is 11.8 Å². The van der Waals surface area contributed by atoms with Crippen molar-refractivity contribution in [1.29, 1.82) is 0 Å². The van der Waals surface area contributed by atoms with Crippen LogP contribution in [-0.2, 0) is 0 Å². The van der Waals surface area contributed by atoms with Crippen LogP contribution in [-0.4, -0.2) is 29.9 Å². The minimum absolute atomic E-state index is 0.0121. The minimum Gasteiger partial charge on any atom is -0.396 e. The number of nitrogens with one attached hydrogen (secondary N) is 1. The Morgan fingerprint density at radius 3 is 2.19 bits per heavy atom. The number of aliphatic hydroxyl groups is 1. The van der Waals surface area contributed by atoms with E-state index in [1.807, 2.05) is 0 Å². The Balaban J connectivity index is 2.57. The first-order valence-corrected chi connectivity index (χ1v) is 7.44. The maximum absolute atomic E-state index is 12.1. The van der Waals surface area contributed by atoms with E-state index in [4.69, 9.17) is 5.11 Å². The Bertz CT molecular complexity index is 465. The van der Waals surface area contributed by atoms with Crippen LogP contribution >= 0.6 is 0 Å². The van der Waals surface area contributed by atoms with Crippen LogP contribution < -0.4 is 5.32 Å². The first-order valence-electron chi connectivity index (χ1n) is 7.44. The minimum atomic E-state index is -0.142. The Hall–Kier alpha value is -1.68. The van der Waals surface area contributed by atoms with Crippen molar-refractivity contribution in [1.82, 2.24) is 5.32 Å². The number of hydrogen-bond donors (Lipinski definition) is 2. The number of carbonyl (C=O) groups is 2. The molecule has 4 heteroatoms. The Morgan fingerprint density at radius 2 is 1.71 bits per heavy atom. The molecular weight excluding hydrogens is 266 g/mol. The second-order valence-electron chi connectivity index (χ2n) is 5.85. The average Bonchev–Trinajstić information content (AvgIpc) is 2.44. The predicted octanol–water partition coefficient (Wildman–Crippen LogP) is 2.66. The normalized spacial score (nSPS) is 12.2. The van der Waals surface area contributed by atoms with Gasteiger partial charge in [0, 0.05) is 24.3 Å². The molecule has 0 spiro atoms. The highest BCUT2D eigenvalue weighted by molar-refractivity contribution is 5.97. The lowest BCUT2D eigenvalue weighted by Crippen LogP contribution is -2.30. The molecule has 0 radical (unpaired) electrons. The summed E-state index contributed by atoms with van der Waals surface area (Å²) in [6.45, 7) is 6.46. The number of aliphatic hydroxyl groups excluding tert-OH is 1. The molecule has 0 bridgehead atoms. The van der Waals surface area contributed by atoms with Gasteiger partial charge in [-0.15, -0.1) is 0 Å². The third-order valence-corrected chi connectivity index (χ3v) is 3.45. The summed E-state index contributed by atoms with van der Waals surface area (Å²) in [7, 11) is 0. The lowest BCUT2D eigenvalue weighted by atomic mass is 9.94. The topological polar surface area (TPSA) is 66.4 Å². The lowest BCUT2D eigenvalue weighted by molar-refractivity contribution is 0.0939. The van der Waals surface area contributed by atoms with Crippen molar-refractivity contribution in [3.63, 3.8) is 0 Å². The van der Waals surface area contributed by atoms with Gasteiger partial charge in [-0.25, -0.2) is 0 Å². The van der Waals surface area contributed by atoms with Gasteiger partial charge >= 0.3 is 0 Å². The van der Waals surface area contributed by atoms with Gasteiger partial charge in [-0.05, 0) is 43.7 Å². The first kappa shape index (κ1) is 17.4. The van der Waals surface area contributed by atoms with Gasteiger partial charge in [0.25, 0.3) is 5.91 Å². The maximum atomic E-state index is 12.1. The first-order chi connectivity index (χ1) is 9.93. The number of Topliss-reactive ketones (excluding diaryl/α,β-unsaturated/α-hetero) is 1. The highest BCUT2D eigenvalue weighted by atomic mass is 16.3. The number of amides is 1. The van der Waals surface area contributed by atoms with E-state index in [9.17, 15) is 9.59 Å². The Morgan fingerprint density at radius 1 is 1.14 bits per heavy atom. The van der Waals surface area contributed by atoms with Gasteiger partial charge < -0.3 is 10.4 Å². The molecule has 1 aromatic rings. The highest BCUT2D eigenvalue weighted by Gasteiger charge is 2.13. The van der Waals surface area contributed by atoms with Crippen LogP contribution in [0.25, 0.3) is 0 Å². The summed E-state index contributed by atoms with van der Waals surface area (Å²) in [6, 6.07) is 6.65. The molecular formula is C17H25NO3. The molecule has 0 aliphatic rings. The van der Waals surface area contributed by atoms with Crippen LogP contribution in [0.4, 0.5) is 0 Å². The summed E-state index contributed by atoms with van der Waals surface area (Å²) in [5.41, 5.74) is 1.15. The fourth-order valence-electron chi connectivity index (χ4n) is 2.35. The van der Waals surface area contributed by atoms with E-state index in [2.05, 4.69) is 19.2 Å². The van der Waals surface area contributed by atoms with E-state index in [-0.39, 0.29) is 24.2 Å². The molecule has 0 saturated heterocycles. The molecule has 1 unspecified atom stereocenters. The van der Waals surface area contributed by atoms with Crippen molar-refractivity contribution in [2.75, 3.05) is 13.2 Å². The molecule has 1 rings (SSSR count). The van der Waals surface area contributed by atoms with Crippen molar-refractivity contribution in [3.8, 4) is 0 Å². The van der Waals surface area contributed by atoms with Gasteiger partial charge in [0.15, 0.2) is 5.78 Å². The summed E-state index contributed by atoms with van der Waals surface area (Å²) >= 11 is 0. The molecule has 1 aromatic carbocycles.